The summed E-state index contributed by atoms with van der Waals surface area (Å²) in [5.74, 6) is 0.423. The molecule has 0 atom stereocenters. The summed E-state index contributed by atoms with van der Waals surface area (Å²) in [5, 5.41) is 0.585. The highest BCUT2D eigenvalue weighted by Crippen LogP contribution is 2.34. The fourth-order valence-corrected chi connectivity index (χ4v) is 2.98. The highest BCUT2D eigenvalue weighted by Gasteiger charge is 2.20. The van der Waals surface area contributed by atoms with Gasteiger partial charge in [-0.3, -0.25) is 4.79 Å². The van der Waals surface area contributed by atoms with E-state index in [2.05, 4.69) is 6.92 Å². The van der Waals surface area contributed by atoms with Crippen LogP contribution >= 0.6 is 0 Å². The minimum absolute atomic E-state index is 0.0633. The number of fused-ring (bicyclic) bond motifs is 1. The number of unbranched alkanes of at least 4 members (excludes halogenated alkanes) is 1. The molecule has 25 heavy (non-hydrogen) atoms. The van der Waals surface area contributed by atoms with Crippen molar-refractivity contribution in [1.29, 1.82) is 0 Å². The van der Waals surface area contributed by atoms with Crippen LogP contribution in [0.5, 0.6) is 0 Å². The third-order valence-corrected chi connectivity index (χ3v) is 4.33. The van der Waals surface area contributed by atoms with Gasteiger partial charge >= 0.3 is 5.97 Å². The molecular weight excluding hydrogens is 318 g/mol. The number of benzene rings is 1. The van der Waals surface area contributed by atoms with Crippen molar-refractivity contribution in [3.05, 3.63) is 58.1 Å². The molecule has 5 nitrogen and oxygen atoms in total. The average Bonchev–Trinajstić information content (AvgIpc) is 3.03. The molecule has 5 heteroatoms. The van der Waals surface area contributed by atoms with E-state index in [1.165, 1.54) is 7.11 Å². The molecule has 0 unspecified atom stereocenters. The SMILES string of the molecule is CCCCc1oc2c(c1-c1ccc(C(=O)OC)cc1)c(=O)ccn2C. The van der Waals surface area contributed by atoms with Gasteiger partial charge in [0.2, 0.25) is 5.71 Å². The lowest BCUT2D eigenvalue weighted by atomic mass is 9.99. The number of aromatic nitrogens is 1. The molecule has 0 fully saturated rings. The number of furan rings is 1. The Morgan fingerprint density at radius 2 is 1.92 bits per heavy atom. The molecule has 0 bridgehead atoms. The van der Waals surface area contributed by atoms with Gasteiger partial charge in [-0.15, -0.1) is 0 Å². The number of rotatable bonds is 5. The number of methoxy groups -OCH3 is 1. The first-order valence-electron chi connectivity index (χ1n) is 8.36. The van der Waals surface area contributed by atoms with E-state index in [1.807, 2.05) is 23.7 Å². The van der Waals surface area contributed by atoms with Crippen LogP contribution in [0.1, 0.15) is 35.9 Å². The molecular formula is C20H21NO4. The Morgan fingerprint density at radius 3 is 2.56 bits per heavy atom. The maximum atomic E-state index is 12.5. The molecule has 0 saturated heterocycles. The first-order valence-corrected chi connectivity index (χ1v) is 8.36. The predicted molar refractivity (Wildman–Crippen MR) is 96.8 cm³/mol. The van der Waals surface area contributed by atoms with Crippen molar-refractivity contribution in [3.8, 4) is 11.1 Å². The van der Waals surface area contributed by atoms with Crippen LogP contribution in [0.3, 0.4) is 0 Å². The van der Waals surface area contributed by atoms with E-state index in [0.29, 0.717) is 16.7 Å². The molecule has 0 amide bonds. The summed E-state index contributed by atoms with van der Waals surface area (Å²) < 4.78 is 12.6. The van der Waals surface area contributed by atoms with Crippen LogP contribution in [0.25, 0.3) is 22.2 Å². The lowest BCUT2D eigenvalue weighted by molar-refractivity contribution is 0.0601. The normalized spacial score (nSPS) is 11.0. The summed E-state index contributed by atoms with van der Waals surface area (Å²) in [7, 11) is 3.21. The molecule has 0 aliphatic rings. The highest BCUT2D eigenvalue weighted by atomic mass is 16.5. The zero-order chi connectivity index (χ0) is 18.0. The fourth-order valence-electron chi connectivity index (χ4n) is 2.98. The Labute approximate surface area is 145 Å². The number of pyridine rings is 1. The Kier molecular flexibility index (Phi) is 4.74. The van der Waals surface area contributed by atoms with Crippen molar-refractivity contribution in [1.82, 2.24) is 4.57 Å². The molecule has 0 N–H and O–H groups in total. The number of nitrogens with zero attached hydrogens (tertiary/aromatic N) is 1. The Balaban J connectivity index is 2.21. The molecule has 3 rings (SSSR count). The first-order chi connectivity index (χ1) is 12.1. The van der Waals surface area contributed by atoms with Gasteiger partial charge in [0.25, 0.3) is 0 Å². The smallest absolute Gasteiger partial charge is 0.337 e. The second kappa shape index (κ2) is 6.97. The number of aryl methyl sites for hydroxylation is 2. The van der Waals surface area contributed by atoms with Crippen molar-refractivity contribution in [3.63, 3.8) is 0 Å². The minimum atomic E-state index is -0.384. The molecule has 0 aliphatic carbocycles. The van der Waals surface area contributed by atoms with E-state index < -0.39 is 0 Å². The van der Waals surface area contributed by atoms with E-state index in [-0.39, 0.29) is 11.4 Å². The predicted octanol–water partition coefficient (Wildman–Crippen LogP) is 3.93. The average molecular weight is 339 g/mol. The zero-order valence-electron chi connectivity index (χ0n) is 14.7. The van der Waals surface area contributed by atoms with Crippen LogP contribution in [-0.2, 0) is 18.2 Å². The third-order valence-electron chi connectivity index (χ3n) is 4.33. The summed E-state index contributed by atoms with van der Waals surface area (Å²) >= 11 is 0. The second-order valence-corrected chi connectivity index (χ2v) is 6.04. The van der Waals surface area contributed by atoms with E-state index in [4.69, 9.17) is 9.15 Å². The topological polar surface area (TPSA) is 61.4 Å². The minimum Gasteiger partial charge on any atom is -0.465 e. The number of hydrogen-bond acceptors (Lipinski definition) is 4. The number of carbonyl (C=O) groups excluding carboxylic acids is 1. The standard InChI is InChI=1S/C20H21NO4/c1-4-5-6-16-17(13-7-9-14(10-8-13)20(23)24-3)18-15(22)11-12-21(2)19(18)25-16/h7-12H,4-6H2,1-3H3. The van der Waals surface area contributed by atoms with Gasteiger partial charge in [0.1, 0.15) is 5.76 Å². The molecule has 2 aromatic heterocycles. The highest BCUT2D eigenvalue weighted by molar-refractivity contribution is 5.95. The van der Waals surface area contributed by atoms with Crippen molar-refractivity contribution in [2.45, 2.75) is 26.2 Å². The number of hydrogen-bond donors (Lipinski definition) is 0. The van der Waals surface area contributed by atoms with Crippen molar-refractivity contribution in [2.75, 3.05) is 7.11 Å². The van der Waals surface area contributed by atoms with Crippen LogP contribution in [0.15, 0.2) is 45.7 Å². The molecule has 0 saturated carbocycles. The molecule has 0 radical (unpaired) electrons. The van der Waals surface area contributed by atoms with Gasteiger partial charge in [0.15, 0.2) is 5.43 Å². The molecule has 0 aliphatic heterocycles. The van der Waals surface area contributed by atoms with E-state index in [9.17, 15) is 9.59 Å². The van der Waals surface area contributed by atoms with Crippen LogP contribution in [-0.4, -0.2) is 17.6 Å². The number of ether oxygens (including phenoxy) is 1. The molecule has 2 heterocycles. The Hall–Kier alpha value is -2.82. The van der Waals surface area contributed by atoms with Gasteiger partial charge in [-0.1, -0.05) is 25.5 Å². The first kappa shape index (κ1) is 17.0. The monoisotopic (exact) mass is 339 g/mol. The van der Waals surface area contributed by atoms with Gasteiger partial charge in [0, 0.05) is 31.3 Å². The van der Waals surface area contributed by atoms with E-state index >= 15 is 0 Å². The number of carbonyl (C=O) groups is 1. The summed E-state index contributed by atoms with van der Waals surface area (Å²) in [6, 6.07) is 8.62. The van der Waals surface area contributed by atoms with Gasteiger partial charge in [0.05, 0.1) is 18.1 Å². The molecule has 3 aromatic rings. The molecule has 130 valence electrons. The second-order valence-electron chi connectivity index (χ2n) is 6.04. The number of esters is 1. The van der Waals surface area contributed by atoms with Gasteiger partial charge in [-0.2, -0.15) is 0 Å². The zero-order valence-corrected chi connectivity index (χ0v) is 14.7. The molecule has 0 spiro atoms. The van der Waals surface area contributed by atoms with E-state index in [1.54, 1.807) is 24.4 Å². The Morgan fingerprint density at radius 1 is 1.20 bits per heavy atom. The third kappa shape index (κ3) is 3.09. The largest absolute Gasteiger partial charge is 0.465 e. The van der Waals surface area contributed by atoms with Crippen LogP contribution in [0, 0.1) is 0 Å². The summed E-state index contributed by atoms with van der Waals surface area (Å²) in [6.07, 6.45) is 4.49. The fraction of sp³-hybridized carbons (Fsp3) is 0.300. The van der Waals surface area contributed by atoms with Crippen LogP contribution < -0.4 is 5.43 Å². The van der Waals surface area contributed by atoms with Crippen LogP contribution in [0.4, 0.5) is 0 Å². The lowest BCUT2D eigenvalue weighted by Crippen LogP contribution is -2.04. The summed E-state index contributed by atoms with van der Waals surface area (Å²) in [4.78, 5) is 24.1. The maximum Gasteiger partial charge on any atom is 0.337 e. The van der Waals surface area contributed by atoms with Gasteiger partial charge < -0.3 is 13.7 Å². The maximum absolute atomic E-state index is 12.5. The quantitative estimate of drug-likeness (QED) is 0.661. The summed E-state index contributed by atoms with van der Waals surface area (Å²) in [5.41, 5.74) is 2.67. The van der Waals surface area contributed by atoms with Crippen molar-refractivity contribution < 1.29 is 13.9 Å². The Bertz CT molecular complexity index is 964. The summed E-state index contributed by atoms with van der Waals surface area (Å²) in [6.45, 7) is 2.12. The van der Waals surface area contributed by atoms with Crippen molar-refractivity contribution >= 4 is 17.1 Å². The van der Waals surface area contributed by atoms with Gasteiger partial charge in [-0.05, 0) is 24.1 Å². The lowest BCUT2D eigenvalue weighted by Gasteiger charge is -2.05. The molecule has 1 aromatic carbocycles. The van der Waals surface area contributed by atoms with E-state index in [0.717, 1.165) is 36.1 Å². The van der Waals surface area contributed by atoms with Gasteiger partial charge in [-0.25, -0.2) is 4.79 Å². The van der Waals surface area contributed by atoms with Crippen molar-refractivity contribution in [2.24, 2.45) is 7.05 Å². The van der Waals surface area contributed by atoms with Crippen LogP contribution in [0.2, 0.25) is 0 Å².